The Morgan fingerprint density at radius 3 is 2.29 bits per heavy atom. The number of hydrogen-bond acceptors (Lipinski definition) is 3. The molecule has 0 aromatic heterocycles. The molecule has 1 aromatic rings. The highest BCUT2D eigenvalue weighted by Gasteiger charge is 2.21. The smallest absolute Gasteiger partial charge is 0.308 e. The van der Waals surface area contributed by atoms with E-state index in [0.717, 1.165) is 0 Å². The maximum Gasteiger partial charge on any atom is 0.308 e. The number of hydrogen-bond donors (Lipinski definition) is 2. The van der Waals surface area contributed by atoms with Crippen LogP contribution < -0.4 is 0 Å². The van der Waals surface area contributed by atoms with Gasteiger partial charge in [-0.15, -0.1) is 0 Å². The second kappa shape index (κ2) is 8.04. The molecule has 114 valence electrons. The Bertz CT molecular complexity index is 500. The van der Waals surface area contributed by atoms with Gasteiger partial charge in [0.25, 0.3) is 5.91 Å². The standard InChI is InChI=1S/C15H19NO5/c1-11(15(20)21)10-16(9-5-8-13(17)18)14(19)12-6-3-2-4-7-12/h2-4,6-7,11H,5,8-10H2,1H3,(H,17,18)(H,20,21). The van der Waals surface area contributed by atoms with E-state index in [9.17, 15) is 14.4 Å². The lowest BCUT2D eigenvalue weighted by Crippen LogP contribution is -2.37. The van der Waals surface area contributed by atoms with Crippen LogP contribution in [0.15, 0.2) is 30.3 Å². The fourth-order valence-corrected chi connectivity index (χ4v) is 1.87. The summed E-state index contributed by atoms with van der Waals surface area (Å²) in [6, 6.07) is 8.54. The molecular formula is C15H19NO5. The quantitative estimate of drug-likeness (QED) is 0.761. The zero-order valence-corrected chi connectivity index (χ0v) is 11.9. The van der Waals surface area contributed by atoms with Crippen molar-refractivity contribution >= 4 is 17.8 Å². The number of carbonyl (C=O) groups is 3. The van der Waals surface area contributed by atoms with Gasteiger partial charge in [0.2, 0.25) is 0 Å². The summed E-state index contributed by atoms with van der Waals surface area (Å²) in [5, 5.41) is 17.6. The number of carboxylic acid groups (broad SMARTS) is 2. The van der Waals surface area contributed by atoms with E-state index >= 15 is 0 Å². The number of amides is 1. The normalized spacial score (nSPS) is 11.7. The molecule has 0 radical (unpaired) electrons. The van der Waals surface area contributed by atoms with Crippen LogP contribution in [0.1, 0.15) is 30.1 Å². The molecule has 0 saturated heterocycles. The van der Waals surface area contributed by atoms with Crippen LogP contribution in [-0.2, 0) is 9.59 Å². The second-order valence-electron chi connectivity index (χ2n) is 4.85. The minimum Gasteiger partial charge on any atom is -0.481 e. The van der Waals surface area contributed by atoms with Gasteiger partial charge in [0.1, 0.15) is 0 Å². The fraction of sp³-hybridized carbons (Fsp3) is 0.400. The van der Waals surface area contributed by atoms with E-state index < -0.39 is 17.9 Å². The third-order valence-corrected chi connectivity index (χ3v) is 3.04. The zero-order chi connectivity index (χ0) is 15.8. The minimum atomic E-state index is -0.987. The molecule has 6 nitrogen and oxygen atoms in total. The Morgan fingerprint density at radius 1 is 1.14 bits per heavy atom. The summed E-state index contributed by atoms with van der Waals surface area (Å²) in [5.74, 6) is -2.91. The van der Waals surface area contributed by atoms with Crippen molar-refractivity contribution in [2.24, 2.45) is 5.92 Å². The molecule has 0 bridgehead atoms. The summed E-state index contributed by atoms with van der Waals surface area (Å²) >= 11 is 0. The third-order valence-electron chi connectivity index (χ3n) is 3.04. The number of aliphatic carboxylic acids is 2. The maximum atomic E-state index is 12.4. The summed E-state index contributed by atoms with van der Waals surface area (Å²) in [6.45, 7) is 1.80. The van der Waals surface area contributed by atoms with Crippen molar-refractivity contribution in [3.8, 4) is 0 Å². The number of rotatable bonds is 8. The average Bonchev–Trinajstić information content (AvgIpc) is 2.45. The molecular weight excluding hydrogens is 274 g/mol. The summed E-state index contributed by atoms with van der Waals surface area (Å²) in [6.07, 6.45) is 0.236. The third kappa shape index (κ3) is 5.64. The number of nitrogens with zero attached hydrogens (tertiary/aromatic N) is 1. The number of carbonyl (C=O) groups excluding carboxylic acids is 1. The van der Waals surface area contributed by atoms with E-state index in [1.54, 1.807) is 30.3 Å². The van der Waals surface area contributed by atoms with Crippen molar-refractivity contribution in [1.82, 2.24) is 4.90 Å². The molecule has 1 amide bonds. The molecule has 6 heteroatoms. The maximum absolute atomic E-state index is 12.4. The molecule has 0 saturated carbocycles. The van der Waals surface area contributed by atoms with E-state index in [4.69, 9.17) is 10.2 Å². The van der Waals surface area contributed by atoms with Crippen LogP contribution in [0.5, 0.6) is 0 Å². The van der Waals surface area contributed by atoms with E-state index in [-0.39, 0.29) is 25.4 Å². The number of benzene rings is 1. The Kier molecular flexibility index (Phi) is 6.39. The summed E-state index contributed by atoms with van der Waals surface area (Å²) in [4.78, 5) is 35.3. The first kappa shape index (κ1) is 16.7. The Labute approximate surface area is 123 Å². The van der Waals surface area contributed by atoms with Crippen LogP contribution in [0, 0.1) is 5.92 Å². The lowest BCUT2D eigenvalue weighted by atomic mass is 10.1. The van der Waals surface area contributed by atoms with Gasteiger partial charge in [-0.1, -0.05) is 25.1 Å². The van der Waals surface area contributed by atoms with Gasteiger partial charge in [0.15, 0.2) is 0 Å². The van der Waals surface area contributed by atoms with Gasteiger partial charge in [0.05, 0.1) is 5.92 Å². The second-order valence-corrected chi connectivity index (χ2v) is 4.85. The van der Waals surface area contributed by atoms with Crippen molar-refractivity contribution in [2.75, 3.05) is 13.1 Å². The van der Waals surface area contributed by atoms with Gasteiger partial charge in [-0.05, 0) is 18.6 Å². The Balaban J connectivity index is 2.77. The van der Waals surface area contributed by atoms with Crippen LogP contribution in [0.25, 0.3) is 0 Å². The molecule has 0 aliphatic carbocycles. The molecule has 1 aromatic carbocycles. The van der Waals surface area contributed by atoms with Crippen molar-refractivity contribution in [3.63, 3.8) is 0 Å². The van der Waals surface area contributed by atoms with Crippen LogP contribution >= 0.6 is 0 Å². The molecule has 0 heterocycles. The molecule has 1 atom stereocenters. The molecule has 21 heavy (non-hydrogen) atoms. The highest BCUT2D eigenvalue weighted by atomic mass is 16.4. The van der Waals surface area contributed by atoms with Crippen LogP contribution in [0.4, 0.5) is 0 Å². The van der Waals surface area contributed by atoms with Gasteiger partial charge in [-0.3, -0.25) is 14.4 Å². The molecule has 0 aliphatic heterocycles. The van der Waals surface area contributed by atoms with Gasteiger partial charge in [-0.2, -0.15) is 0 Å². The summed E-state index contributed by atoms with van der Waals surface area (Å²) in [5.41, 5.74) is 0.463. The monoisotopic (exact) mass is 293 g/mol. The van der Waals surface area contributed by atoms with Gasteiger partial charge in [-0.25, -0.2) is 0 Å². The summed E-state index contributed by atoms with van der Waals surface area (Å²) < 4.78 is 0. The molecule has 2 N–H and O–H groups in total. The molecule has 0 spiro atoms. The first-order chi connectivity index (χ1) is 9.91. The Morgan fingerprint density at radius 2 is 1.76 bits per heavy atom. The van der Waals surface area contributed by atoms with E-state index in [0.29, 0.717) is 12.0 Å². The van der Waals surface area contributed by atoms with Gasteiger partial charge >= 0.3 is 11.9 Å². The SMILES string of the molecule is CC(CN(CCCC(=O)O)C(=O)c1ccccc1)C(=O)O. The average molecular weight is 293 g/mol. The van der Waals surface area contributed by atoms with Crippen molar-refractivity contribution in [2.45, 2.75) is 19.8 Å². The van der Waals surface area contributed by atoms with Crippen LogP contribution in [0.3, 0.4) is 0 Å². The molecule has 0 fully saturated rings. The topological polar surface area (TPSA) is 94.9 Å². The van der Waals surface area contributed by atoms with Crippen molar-refractivity contribution in [3.05, 3.63) is 35.9 Å². The largest absolute Gasteiger partial charge is 0.481 e. The van der Waals surface area contributed by atoms with Crippen LogP contribution in [-0.4, -0.2) is 46.0 Å². The molecule has 0 aliphatic rings. The highest BCUT2D eigenvalue weighted by Crippen LogP contribution is 2.09. The molecule has 1 rings (SSSR count). The van der Waals surface area contributed by atoms with Gasteiger partial charge in [0, 0.05) is 25.1 Å². The van der Waals surface area contributed by atoms with E-state index in [1.807, 2.05) is 0 Å². The minimum absolute atomic E-state index is 0.0555. The molecule has 1 unspecified atom stereocenters. The lowest BCUT2D eigenvalue weighted by molar-refractivity contribution is -0.142. The van der Waals surface area contributed by atoms with Crippen molar-refractivity contribution < 1.29 is 24.6 Å². The number of carboxylic acids is 2. The fourth-order valence-electron chi connectivity index (χ4n) is 1.87. The first-order valence-electron chi connectivity index (χ1n) is 6.70. The van der Waals surface area contributed by atoms with Gasteiger partial charge < -0.3 is 15.1 Å². The first-order valence-corrected chi connectivity index (χ1v) is 6.70. The van der Waals surface area contributed by atoms with E-state index in [2.05, 4.69) is 0 Å². The predicted molar refractivity (Wildman–Crippen MR) is 76.0 cm³/mol. The van der Waals surface area contributed by atoms with Crippen molar-refractivity contribution in [1.29, 1.82) is 0 Å². The zero-order valence-electron chi connectivity index (χ0n) is 11.9. The summed E-state index contributed by atoms with van der Waals surface area (Å²) in [7, 11) is 0. The predicted octanol–water partition coefficient (Wildman–Crippen LogP) is 1.71. The van der Waals surface area contributed by atoms with Crippen LogP contribution in [0.2, 0.25) is 0 Å². The lowest BCUT2D eigenvalue weighted by Gasteiger charge is -2.24. The highest BCUT2D eigenvalue weighted by molar-refractivity contribution is 5.94. The Hall–Kier alpha value is -2.37. The van der Waals surface area contributed by atoms with E-state index in [1.165, 1.54) is 11.8 Å².